The van der Waals surface area contributed by atoms with Crippen LogP contribution in [-0.4, -0.2) is 46.0 Å². The standard InChI is InChI=1S/C8H18S6/c9-1-3-11-5-7-13-14-8-6-12-4-2-10/h9-10H,1-8H2. The molecule has 0 spiro atoms. The molecule has 0 aliphatic rings. The quantitative estimate of drug-likeness (QED) is 0.339. The minimum atomic E-state index is 1.00. The van der Waals surface area contributed by atoms with Crippen LogP contribution in [0.15, 0.2) is 0 Å². The average Bonchev–Trinajstić information content (AvgIpc) is 2.21. The van der Waals surface area contributed by atoms with Crippen molar-refractivity contribution in [3.63, 3.8) is 0 Å². The molecule has 0 aromatic heterocycles. The van der Waals surface area contributed by atoms with E-state index >= 15 is 0 Å². The molecule has 0 saturated carbocycles. The fourth-order valence-corrected chi connectivity index (χ4v) is 5.73. The highest BCUT2D eigenvalue weighted by atomic mass is 33.1. The monoisotopic (exact) mass is 306 g/mol. The molecule has 14 heavy (non-hydrogen) atoms. The smallest absolute Gasteiger partial charge is 0.0128 e. The number of thioether (sulfide) groups is 2. The Morgan fingerprint density at radius 3 is 1.36 bits per heavy atom. The van der Waals surface area contributed by atoms with Gasteiger partial charge in [-0.1, -0.05) is 21.6 Å². The molecule has 0 aromatic carbocycles. The van der Waals surface area contributed by atoms with E-state index in [0.29, 0.717) is 0 Å². The van der Waals surface area contributed by atoms with Gasteiger partial charge in [0.05, 0.1) is 0 Å². The van der Waals surface area contributed by atoms with Gasteiger partial charge in [-0.2, -0.15) is 48.8 Å². The largest absolute Gasteiger partial charge is 0.179 e. The third-order valence-electron chi connectivity index (χ3n) is 1.18. The Kier molecular flexibility index (Phi) is 17.4. The Morgan fingerprint density at radius 2 is 1.00 bits per heavy atom. The van der Waals surface area contributed by atoms with E-state index in [1.165, 1.54) is 34.5 Å². The van der Waals surface area contributed by atoms with Crippen LogP contribution in [0.5, 0.6) is 0 Å². The maximum atomic E-state index is 4.17. The van der Waals surface area contributed by atoms with Gasteiger partial charge in [-0.15, -0.1) is 0 Å². The second-order valence-corrected chi connectivity index (χ2v) is 8.36. The van der Waals surface area contributed by atoms with Crippen LogP contribution in [0.3, 0.4) is 0 Å². The lowest BCUT2D eigenvalue weighted by Crippen LogP contribution is -1.88. The molecule has 86 valence electrons. The van der Waals surface area contributed by atoms with E-state index in [4.69, 9.17) is 0 Å². The number of thiol groups is 2. The summed E-state index contributed by atoms with van der Waals surface area (Å²) < 4.78 is 0. The maximum Gasteiger partial charge on any atom is 0.0128 e. The Bertz CT molecular complexity index is 87.8. The van der Waals surface area contributed by atoms with E-state index in [1.807, 2.05) is 45.1 Å². The predicted molar refractivity (Wildman–Crippen MR) is 87.3 cm³/mol. The molecule has 0 bridgehead atoms. The molecule has 0 aliphatic heterocycles. The number of rotatable bonds is 11. The van der Waals surface area contributed by atoms with Gasteiger partial charge in [0.15, 0.2) is 0 Å². The third-order valence-corrected chi connectivity index (χ3v) is 7.13. The van der Waals surface area contributed by atoms with E-state index in [2.05, 4.69) is 25.3 Å². The van der Waals surface area contributed by atoms with E-state index in [1.54, 1.807) is 0 Å². The van der Waals surface area contributed by atoms with Gasteiger partial charge in [-0.3, -0.25) is 0 Å². The second kappa shape index (κ2) is 15.1. The molecule has 0 fully saturated rings. The molecule has 0 radical (unpaired) electrons. The van der Waals surface area contributed by atoms with Crippen molar-refractivity contribution in [3.05, 3.63) is 0 Å². The molecule has 0 heterocycles. The van der Waals surface area contributed by atoms with Crippen LogP contribution >= 0.6 is 70.4 Å². The van der Waals surface area contributed by atoms with Crippen LogP contribution in [0.25, 0.3) is 0 Å². The van der Waals surface area contributed by atoms with Gasteiger partial charge in [-0.05, 0) is 11.5 Å². The fourth-order valence-electron chi connectivity index (χ4n) is 0.637. The molecule has 0 unspecified atom stereocenters. The van der Waals surface area contributed by atoms with Crippen molar-refractivity contribution in [2.75, 3.05) is 46.0 Å². The van der Waals surface area contributed by atoms with Gasteiger partial charge in [0.1, 0.15) is 0 Å². The molecule has 0 saturated heterocycles. The van der Waals surface area contributed by atoms with Crippen LogP contribution in [-0.2, 0) is 0 Å². The SMILES string of the molecule is SCCSCCSSCCSCCS. The van der Waals surface area contributed by atoms with Crippen LogP contribution in [0.2, 0.25) is 0 Å². The first-order valence-corrected chi connectivity index (χ1v) is 10.6. The van der Waals surface area contributed by atoms with Crippen molar-refractivity contribution in [1.29, 1.82) is 0 Å². The summed E-state index contributed by atoms with van der Waals surface area (Å²) in [7, 11) is 4.00. The molecule has 0 rings (SSSR count). The lowest BCUT2D eigenvalue weighted by molar-refractivity contribution is 1.50. The van der Waals surface area contributed by atoms with Gasteiger partial charge < -0.3 is 0 Å². The van der Waals surface area contributed by atoms with Crippen LogP contribution in [0, 0.1) is 0 Å². The molecule has 0 amide bonds. The second-order valence-electron chi connectivity index (χ2n) is 2.32. The highest BCUT2D eigenvalue weighted by Gasteiger charge is 1.92. The van der Waals surface area contributed by atoms with Crippen molar-refractivity contribution in [3.8, 4) is 0 Å². The molecule has 0 aromatic rings. The summed E-state index contributed by atoms with van der Waals surface area (Å²) >= 11 is 12.3. The highest BCUT2D eigenvalue weighted by molar-refractivity contribution is 8.76. The first kappa shape index (κ1) is 16.1. The maximum absolute atomic E-state index is 4.17. The minimum absolute atomic E-state index is 1.00. The minimum Gasteiger partial charge on any atom is -0.179 e. The van der Waals surface area contributed by atoms with Crippen molar-refractivity contribution in [2.24, 2.45) is 0 Å². The van der Waals surface area contributed by atoms with Crippen LogP contribution < -0.4 is 0 Å². The van der Waals surface area contributed by atoms with Crippen molar-refractivity contribution < 1.29 is 0 Å². The average molecular weight is 307 g/mol. The van der Waals surface area contributed by atoms with Gasteiger partial charge in [0.2, 0.25) is 0 Å². The van der Waals surface area contributed by atoms with E-state index in [-0.39, 0.29) is 0 Å². The lowest BCUT2D eigenvalue weighted by Gasteiger charge is -2.00. The summed E-state index contributed by atoms with van der Waals surface area (Å²) in [5, 5.41) is 0. The Morgan fingerprint density at radius 1 is 0.571 bits per heavy atom. The summed E-state index contributed by atoms with van der Waals surface area (Å²) in [6.45, 7) is 0. The Balaban J connectivity index is 2.78. The van der Waals surface area contributed by atoms with Crippen LogP contribution in [0.4, 0.5) is 0 Å². The molecule has 0 atom stereocenters. The number of hydrogen-bond donors (Lipinski definition) is 2. The topological polar surface area (TPSA) is 0 Å². The Labute approximate surface area is 115 Å². The normalized spacial score (nSPS) is 10.7. The zero-order valence-corrected chi connectivity index (χ0v) is 13.2. The van der Waals surface area contributed by atoms with E-state index in [9.17, 15) is 0 Å². The summed E-state index contributed by atoms with van der Waals surface area (Å²) in [5.74, 6) is 9.44. The molecular weight excluding hydrogens is 288 g/mol. The molecule has 0 nitrogen and oxygen atoms in total. The predicted octanol–water partition coefficient (Wildman–Crippen LogP) is 3.69. The van der Waals surface area contributed by atoms with Gasteiger partial charge >= 0.3 is 0 Å². The van der Waals surface area contributed by atoms with Crippen molar-refractivity contribution in [1.82, 2.24) is 0 Å². The zero-order valence-electron chi connectivity index (χ0n) is 8.18. The number of hydrogen-bond acceptors (Lipinski definition) is 6. The first-order valence-electron chi connectivity index (χ1n) is 4.53. The molecule has 6 heteroatoms. The van der Waals surface area contributed by atoms with Gasteiger partial charge in [-0.25, -0.2) is 0 Å². The van der Waals surface area contributed by atoms with Gasteiger partial charge in [0.25, 0.3) is 0 Å². The first-order chi connectivity index (χ1) is 6.91. The summed E-state index contributed by atoms with van der Waals surface area (Å²) in [4.78, 5) is 0. The van der Waals surface area contributed by atoms with Crippen molar-refractivity contribution in [2.45, 2.75) is 0 Å². The Hall–Kier alpha value is 2.10. The summed E-state index contributed by atoms with van der Waals surface area (Å²) in [6.07, 6.45) is 0. The third kappa shape index (κ3) is 14.1. The summed E-state index contributed by atoms with van der Waals surface area (Å²) in [5.41, 5.74) is 0. The lowest BCUT2D eigenvalue weighted by atomic mass is 10.9. The fraction of sp³-hybridized carbons (Fsp3) is 1.00. The summed E-state index contributed by atoms with van der Waals surface area (Å²) in [6, 6.07) is 0. The highest BCUT2D eigenvalue weighted by Crippen LogP contribution is 2.23. The van der Waals surface area contributed by atoms with E-state index < -0.39 is 0 Å². The molecule has 0 aliphatic carbocycles. The zero-order chi connectivity index (χ0) is 10.5. The molecular formula is C8H18S6. The van der Waals surface area contributed by atoms with Gasteiger partial charge in [0, 0.05) is 34.5 Å². The van der Waals surface area contributed by atoms with E-state index in [0.717, 1.165) is 11.5 Å². The van der Waals surface area contributed by atoms with Crippen LogP contribution in [0.1, 0.15) is 0 Å². The van der Waals surface area contributed by atoms with Crippen molar-refractivity contribution >= 4 is 70.4 Å². The molecule has 0 N–H and O–H groups in total.